The predicted octanol–water partition coefficient (Wildman–Crippen LogP) is 6.89. The largest absolute Gasteiger partial charge is 0.469 e. The Hall–Kier alpha value is -2.75. The lowest BCUT2D eigenvalue weighted by molar-refractivity contribution is -0.161. The van der Waals surface area contributed by atoms with E-state index in [1.54, 1.807) is 0 Å². The number of carbonyl (C=O) groups is 2. The Kier molecular flexibility index (Phi) is 6.54. The van der Waals surface area contributed by atoms with E-state index in [-0.39, 0.29) is 23.1 Å². The highest BCUT2D eigenvalue weighted by molar-refractivity contribution is 6.35. The predicted molar refractivity (Wildman–Crippen MR) is 137 cm³/mol. The third kappa shape index (κ3) is 4.12. The minimum atomic E-state index is -0.471. The highest BCUT2D eigenvalue weighted by Crippen LogP contribution is 2.58. The van der Waals surface area contributed by atoms with Crippen LogP contribution in [0, 0.1) is 18.3 Å². The van der Waals surface area contributed by atoms with E-state index in [1.165, 1.54) is 30.0 Å². The Labute approximate surface area is 203 Å². The highest BCUT2D eigenvalue weighted by atomic mass is 16.5. The standard InChI is InChI=1S/C30H37NO3/c1-19(2)23-16-22-12-13-27-29(4,14-7-15-30(27,5)28(33)34-6)24(22)17-25(23)31-18-26(32)21-10-8-20(3)9-11-21/h8-11,16-19,27H,7,12-15H2,1-6H3/t27-,29-,30-/m1/s1. The van der Waals surface area contributed by atoms with E-state index in [2.05, 4.69) is 39.8 Å². The first-order chi connectivity index (χ1) is 16.1. The van der Waals surface area contributed by atoms with Crippen LogP contribution in [-0.2, 0) is 21.4 Å². The van der Waals surface area contributed by atoms with E-state index in [1.807, 2.05) is 31.2 Å². The SMILES string of the molecule is COC(=O)[C@]1(C)CCC[C@]2(C)c3cc(N=CC(=O)c4ccc(C)cc4)c(C(C)C)cc3CC[C@@H]12. The number of aliphatic imine (C=N–C) groups is 1. The molecule has 0 bridgehead atoms. The van der Waals surface area contributed by atoms with Gasteiger partial charge in [-0.15, -0.1) is 0 Å². The molecule has 3 atom stereocenters. The molecule has 0 amide bonds. The first-order valence-electron chi connectivity index (χ1n) is 12.5. The van der Waals surface area contributed by atoms with Crippen molar-refractivity contribution in [2.45, 2.75) is 78.1 Å². The average Bonchev–Trinajstić information content (AvgIpc) is 2.81. The van der Waals surface area contributed by atoms with Crippen LogP contribution in [0.1, 0.15) is 91.9 Å². The van der Waals surface area contributed by atoms with Gasteiger partial charge in [0.1, 0.15) is 0 Å². The Morgan fingerprint density at radius 3 is 2.47 bits per heavy atom. The van der Waals surface area contributed by atoms with Crippen molar-refractivity contribution in [3.63, 3.8) is 0 Å². The van der Waals surface area contributed by atoms with Crippen LogP contribution in [0.5, 0.6) is 0 Å². The molecule has 4 rings (SSSR count). The van der Waals surface area contributed by atoms with Gasteiger partial charge in [-0.25, -0.2) is 0 Å². The third-order valence-corrected chi connectivity index (χ3v) is 8.43. The average molecular weight is 460 g/mol. The molecule has 0 radical (unpaired) electrons. The van der Waals surface area contributed by atoms with E-state index in [4.69, 9.17) is 9.73 Å². The van der Waals surface area contributed by atoms with Gasteiger partial charge >= 0.3 is 5.97 Å². The van der Waals surface area contributed by atoms with Gasteiger partial charge in [0.05, 0.1) is 24.4 Å². The van der Waals surface area contributed by atoms with Gasteiger partial charge in [-0.05, 0) is 79.5 Å². The number of carbonyl (C=O) groups excluding carboxylic acids is 2. The number of aryl methyl sites for hydroxylation is 2. The van der Waals surface area contributed by atoms with E-state index in [0.717, 1.165) is 43.4 Å². The van der Waals surface area contributed by atoms with Gasteiger partial charge in [0, 0.05) is 5.56 Å². The molecule has 1 fully saturated rings. The minimum absolute atomic E-state index is 0.0902. The van der Waals surface area contributed by atoms with Gasteiger partial charge in [0.2, 0.25) is 5.78 Å². The molecular weight excluding hydrogens is 422 g/mol. The van der Waals surface area contributed by atoms with Crippen LogP contribution in [0.2, 0.25) is 0 Å². The van der Waals surface area contributed by atoms with Crippen LogP contribution in [-0.4, -0.2) is 25.1 Å². The number of benzene rings is 2. The first-order valence-corrected chi connectivity index (χ1v) is 12.5. The van der Waals surface area contributed by atoms with Crippen molar-refractivity contribution in [1.29, 1.82) is 0 Å². The van der Waals surface area contributed by atoms with Crippen molar-refractivity contribution in [2.75, 3.05) is 7.11 Å². The summed E-state index contributed by atoms with van der Waals surface area (Å²) >= 11 is 0. The minimum Gasteiger partial charge on any atom is -0.469 e. The Balaban J connectivity index is 1.76. The zero-order valence-corrected chi connectivity index (χ0v) is 21.4. The Bertz CT molecular complexity index is 1130. The number of hydrogen-bond donors (Lipinski definition) is 0. The quantitative estimate of drug-likeness (QED) is 0.278. The fourth-order valence-electron chi connectivity index (χ4n) is 6.50. The molecule has 4 heteroatoms. The molecule has 2 aromatic rings. The number of ether oxygens (including phenoxy) is 1. The van der Waals surface area contributed by atoms with Gasteiger partial charge in [0.25, 0.3) is 0 Å². The first kappa shape index (κ1) is 24.4. The van der Waals surface area contributed by atoms with Crippen LogP contribution < -0.4 is 0 Å². The highest BCUT2D eigenvalue weighted by Gasteiger charge is 2.55. The van der Waals surface area contributed by atoms with Crippen LogP contribution in [0.4, 0.5) is 5.69 Å². The topological polar surface area (TPSA) is 55.7 Å². The van der Waals surface area contributed by atoms with Crippen molar-refractivity contribution in [3.05, 3.63) is 64.2 Å². The lowest BCUT2D eigenvalue weighted by Crippen LogP contribution is -2.52. The summed E-state index contributed by atoms with van der Waals surface area (Å²) in [5.74, 6) is 0.342. The van der Waals surface area contributed by atoms with Crippen LogP contribution in [0.15, 0.2) is 41.4 Å². The van der Waals surface area contributed by atoms with Crippen molar-refractivity contribution in [3.8, 4) is 0 Å². The molecule has 0 N–H and O–H groups in total. The fraction of sp³-hybridized carbons (Fsp3) is 0.500. The lowest BCUT2D eigenvalue weighted by atomic mass is 9.49. The third-order valence-electron chi connectivity index (χ3n) is 8.43. The van der Waals surface area contributed by atoms with E-state index in [0.29, 0.717) is 11.5 Å². The summed E-state index contributed by atoms with van der Waals surface area (Å²) in [6.45, 7) is 10.8. The number of rotatable bonds is 5. The zero-order valence-electron chi connectivity index (χ0n) is 21.4. The van der Waals surface area contributed by atoms with Gasteiger partial charge < -0.3 is 4.74 Å². The van der Waals surface area contributed by atoms with Crippen molar-refractivity contribution in [2.24, 2.45) is 16.3 Å². The zero-order chi connectivity index (χ0) is 24.7. The maximum atomic E-state index is 12.9. The number of esters is 1. The molecule has 0 saturated heterocycles. The monoisotopic (exact) mass is 459 g/mol. The van der Waals surface area contributed by atoms with Crippen molar-refractivity contribution < 1.29 is 14.3 Å². The van der Waals surface area contributed by atoms with Gasteiger partial charge in [-0.3, -0.25) is 14.6 Å². The second-order valence-corrected chi connectivity index (χ2v) is 11.0. The van der Waals surface area contributed by atoms with Crippen LogP contribution >= 0.6 is 0 Å². The summed E-state index contributed by atoms with van der Waals surface area (Å²) in [4.78, 5) is 30.4. The van der Waals surface area contributed by atoms with Gasteiger partial charge in [-0.1, -0.05) is 63.1 Å². The normalized spacial score (nSPS) is 26.3. The molecule has 2 aliphatic rings. The fourth-order valence-corrected chi connectivity index (χ4v) is 6.50. The summed E-state index contributed by atoms with van der Waals surface area (Å²) in [6, 6.07) is 12.1. The number of nitrogens with zero attached hydrogens (tertiary/aromatic N) is 1. The lowest BCUT2D eigenvalue weighted by Gasteiger charge is -2.54. The van der Waals surface area contributed by atoms with Crippen LogP contribution in [0.3, 0.4) is 0 Å². The van der Waals surface area contributed by atoms with Crippen molar-refractivity contribution in [1.82, 2.24) is 0 Å². The molecular formula is C30H37NO3. The molecule has 0 heterocycles. The maximum absolute atomic E-state index is 12.9. The van der Waals surface area contributed by atoms with Gasteiger partial charge in [0.15, 0.2) is 0 Å². The van der Waals surface area contributed by atoms with Crippen molar-refractivity contribution >= 4 is 23.7 Å². The summed E-state index contributed by atoms with van der Waals surface area (Å²) in [7, 11) is 1.50. The molecule has 2 aliphatic carbocycles. The van der Waals surface area contributed by atoms with E-state index in [9.17, 15) is 9.59 Å². The smallest absolute Gasteiger partial charge is 0.311 e. The molecule has 180 valence electrons. The van der Waals surface area contributed by atoms with E-state index < -0.39 is 5.41 Å². The maximum Gasteiger partial charge on any atom is 0.311 e. The number of ketones is 1. The van der Waals surface area contributed by atoms with Gasteiger partial charge in [-0.2, -0.15) is 0 Å². The summed E-state index contributed by atoms with van der Waals surface area (Å²) in [5, 5.41) is 0. The Morgan fingerprint density at radius 1 is 1.12 bits per heavy atom. The number of Topliss-reactive ketones (excluding diaryl/α,β-unsaturated/α-hetero) is 1. The number of fused-ring (bicyclic) bond motifs is 3. The second kappa shape index (κ2) is 9.13. The number of hydrogen-bond acceptors (Lipinski definition) is 4. The molecule has 34 heavy (non-hydrogen) atoms. The molecule has 4 nitrogen and oxygen atoms in total. The molecule has 0 unspecified atom stereocenters. The molecule has 0 aliphatic heterocycles. The number of methoxy groups -OCH3 is 1. The molecule has 1 saturated carbocycles. The molecule has 0 spiro atoms. The Morgan fingerprint density at radius 2 is 1.82 bits per heavy atom. The summed E-state index contributed by atoms with van der Waals surface area (Å²) in [5.41, 5.74) is 5.86. The second-order valence-electron chi connectivity index (χ2n) is 11.0. The molecule has 0 aromatic heterocycles. The van der Waals surface area contributed by atoms with E-state index >= 15 is 0 Å². The summed E-state index contributed by atoms with van der Waals surface area (Å²) < 4.78 is 5.26. The van der Waals surface area contributed by atoms with Crippen LogP contribution in [0.25, 0.3) is 0 Å². The molecule has 2 aromatic carbocycles. The summed E-state index contributed by atoms with van der Waals surface area (Å²) in [6.07, 6.45) is 6.31.